The lowest BCUT2D eigenvalue weighted by molar-refractivity contribution is -0.155. The van der Waals surface area contributed by atoms with Gasteiger partial charge in [0, 0.05) is 0 Å². The van der Waals surface area contributed by atoms with Crippen LogP contribution in [0.4, 0.5) is 0 Å². The zero-order valence-corrected chi connectivity index (χ0v) is 13.1. The van der Waals surface area contributed by atoms with Crippen molar-refractivity contribution in [3.05, 3.63) is 24.3 Å². The van der Waals surface area contributed by atoms with Crippen LogP contribution in [0, 0.1) is 5.41 Å². The summed E-state index contributed by atoms with van der Waals surface area (Å²) < 4.78 is 5.39. The zero-order chi connectivity index (χ0) is 14.6. The van der Waals surface area contributed by atoms with Gasteiger partial charge in [0.2, 0.25) is 0 Å². The summed E-state index contributed by atoms with van der Waals surface area (Å²) in [4.78, 5) is 12.1. The fourth-order valence-corrected chi connectivity index (χ4v) is 1.79. The third-order valence-corrected chi connectivity index (χ3v) is 3.46. The molecular weight excluding hydrogens is 236 g/mol. The van der Waals surface area contributed by atoms with E-state index in [9.17, 15) is 4.79 Å². The van der Waals surface area contributed by atoms with Gasteiger partial charge in [-0.1, -0.05) is 45.1 Å². The Balaban J connectivity index is 4.13. The molecule has 2 nitrogen and oxygen atoms in total. The molecule has 0 fully saturated rings. The summed E-state index contributed by atoms with van der Waals surface area (Å²) in [6.45, 7) is 8.78. The van der Waals surface area contributed by atoms with Gasteiger partial charge >= 0.3 is 5.97 Å². The minimum atomic E-state index is -0.341. The molecule has 0 spiro atoms. The first-order valence-corrected chi connectivity index (χ1v) is 7.58. The van der Waals surface area contributed by atoms with Gasteiger partial charge in [-0.25, -0.2) is 0 Å². The highest BCUT2D eigenvalue weighted by Gasteiger charge is 2.31. The number of carbonyl (C=O) groups is 1. The molecule has 19 heavy (non-hydrogen) atoms. The van der Waals surface area contributed by atoms with E-state index < -0.39 is 0 Å². The van der Waals surface area contributed by atoms with E-state index in [-0.39, 0.29) is 11.4 Å². The van der Waals surface area contributed by atoms with E-state index in [1.165, 1.54) is 0 Å². The van der Waals surface area contributed by atoms with Gasteiger partial charge < -0.3 is 4.74 Å². The molecule has 0 saturated heterocycles. The van der Waals surface area contributed by atoms with Crippen LogP contribution in [0.5, 0.6) is 0 Å². The summed E-state index contributed by atoms with van der Waals surface area (Å²) in [6.07, 6.45) is 14.0. The first-order chi connectivity index (χ1) is 9.10. The Kier molecular flexibility index (Phi) is 10.2. The molecule has 110 valence electrons. The van der Waals surface area contributed by atoms with Crippen molar-refractivity contribution in [3.63, 3.8) is 0 Å². The Morgan fingerprint density at radius 1 is 1.00 bits per heavy atom. The second kappa shape index (κ2) is 10.8. The van der Waals surface area contributed by atoms with Gasteiger partial charge in [0.1, 0.15) is 0 Å². The average molecular weight is 266 g/mol. The monoisotopic (exact) mass is 266 g/mol. The van der Waals surface area contributed by atoms with Gasteiger partial charge in [-0.05, 0) is 45.4 Å². The minimum absolute atomic E-state index is 0.0511. The number of ether oxygens (including phenoxy) is 1. The summed E-state index contributed by atoms with van der Waals surface area (Å²) >= 11 is 0. The molecule has 0 heterocycles. The topological polar surface area (TPSA) is 26.3 Å². The first kappa shape index (κ1) is 17.9. The molecule has 0 aromatic rings. The highest BCUT2D eigenvalue weighted by molar-refractivity contribution is 5.76. The van der Waals surface area contributed by atoms with Gasteiger partial charge in [0.05, 0.1) is 12.0 Å². The molecular formula is C17H30O2. The van der Waals surface area contributed by atoms with Crippen molar-refractivity contribution in [2.45, 2.75) is 66.2 Å². The fourth-order valence-electron chi connectivity index (χ4n) is 1.79. The molecule has 0 N–H and O–H groups in total. The normalized spacial score (nSPS) is 14.9. The molecule has 0 saturated carbocycles. The molecule has 0 aromatic carbocycles. The largest absolute Gasteiger partial charge is 0.465 e. The summed E-state index contributed by atoms with van der Waals surface area (Å²) in [5, 5.41) is 0. The Labute approximate surface area is 118 Å². The highest BCUT2D eigenvalue weighted by atomic mass is 16.5. The third kappa shape index (κ3) is 7.86. The van der Waals surface area contributed by atoms with Crippen LogP contribution < -0.4 is 0 Å². The van der Waals surface area contributed by atoms with Crippen molar-refractivity contribution in [2.24, 2.45) is 5.41 Å². The van der Waals surface area contributed by atoms with Crippen LogP contribution in [0.1, 0.15) is 66.2 Å². The van der Waals surface area contributed by atoms with E-state index in [0.29, 0.717) is 6.61 Å². The van der Waals surface area contributed by atoms with Crippen molar-refractivity contribution in [1.82, 2.24) is 0 Å². The van der Waals surface area contributed by atoms with Crippen LogP contribution in [-0.2, 0) is 9.53 Å². The van der Waals surface area contributed by atoms with E-state index in [1.807, 2.05) is 6.92 Å². The van der Waals surface area contributed by atoms with Crippen molar-refractivity contribution in [3.8, 4) is 0 Å². The van der Waals surface area contributed by atoms with Crippen molar-refractivity contribution in [1.29, 1.82) is 0 Å². The molecule has 0 aliphatic heterocycles. The van der Waals surface area contributed by atoms with Gasteiger partial charge in [0.15, 0.2) is 0 Å². The Hall–Kier alpha value is -1.05. The van der Waals surface area contributed by atoms with E-state index in [0.717, 1.165) is 38.5 Å². The molecule has 1 unspecified atom stereocenters. The summed E-state index contributed by atoms with van der Waals surface area (Å²) in [6, 6.07) is 0. The molecule has 0 rings (SSSR count). The molecule has 0 bridgehead atoms. The number of hydrogen-bond donors (Lipinski definition) is 0. The lowest BCUT2D eigenvalue weighted by Gasteiger charge is -2.25. The van der Waals surface area contributed by atoms with E-state index in [2.05, 4.69) is 45.1 Å². The zero-order valence-electron chi connectivity index (χ0n) is 13.1. The number of esters is 1. The fraction of sp³-hybridized carbons (Fsp3) is 0.706. The molecule has 0 amide bonds. The number of allylic oxidation sites excluding steroid dienone is 3. The maximum absolute atomic E-state index is 12.1. The molecule has 0 radical (unpaired) electrons. The summed E-state index contributed by atoms with van der Waals surface area (Å²) in [5.74, 6) is -0.0511. The van der Waals surface area contributed by atoms with E-state index in [1.54, 1.807) is 0 Å². The molecule has 0 aromatic heterocycles. The van der Waals surface area contributed by atoms with Crippen LogP contribution in [0.25, 0.3) is 0 Å². The number of rotatable bonds is 10. The van der Waals surface area contributed by atoms with Gasteiger partial charge in [0.25, 0.3) is 0 Å². The first-order valence-electron chi connectivity index (χ1n) is 7.58. The number of carbonyl (C=O) groups excluding carboxylic acids is 1. The van der Waals surface area contributed by atoms with Crippen molar-refractivity contribution in [2.75, 3.05) is 6.61 Å². The van der Waals surface area contributed by atoms with Crippen LogP contribution in [-0.4, -0.2) is 12.6 Å². The smallest absolute Gasteiger partial charge is 0.311 e. The van der Waals surface area contributed by atoms with Crippen LogP contribution in [0.3, 0.4) is 0 Å². The van der Waals surface area contributed by atoms with Crippen LogP contribution in [0.15, 0.2) is 24.3 Å². The predicted octanol–water partition coefficient (Wildman–Crippen LogP) is 5.05. The maximum atomic E-state index is 12.1. The summed E-state index contributed by atoms with van der Waals surface area (Å²) in [5.41, 5.74) is -0.341. The average Bonchev–Trinajstić information content (AvgIpc) is 2.43. The maximum Gasteiger partial charge on any atom is 0.311 e. The molecule has 0 aliphatic carbocycles. The predicted molar refractivity (Wildman–Crippen MR) is 82.1 cm³/mol. The minimum Gasteiger partial charge on any atom is -0.465 e. The van der Waals surface area contributed by atoms with Gasteiger partial charge in [-0.15, -0.1) is 0 Å². The molecule has 0 aliphatic rings. The molecule has 1 atom stereocenters. The Morgan fingerprint density at radius 3 is 2.11 bits per heavy atom. The van der Waals surface area contributed by atoms with Gasteiger partial charge in [-0.3, -0.25) is 4.79 Å². The van der Waals surface area contributed by atoms with E-state index >= 15 is 0 Å². The number of hydrogen-bond acceptors (Lipinski definition) is 2. The summed E-state index contributed by atoms with van der Waals surface area (Å²) in [7, 11) is 0. The highest BCUT2D eigenvalue weighted by Crippen LogP contribution is 2.29. The Morgan fingerprint density at radius 2 is 1.58 bits per heavy atom. The third-order valence-electron chi connectivity index (χ3n) is 3.46. The van der Waals surface area contributed by atoms with Crippen LogP contribution >= 0.6 is 0 Å². The second-order valence-corrected chi connectivity index (χ2v) is 5.14. The standard InChI is InChI=1S/C17H30O2/c1-5-8-10-12-14-17(4,7-3)16(18)19-15-13-11-9-6-2/h8-11H,5-7,12-15H2,1-4H3. The van der Waals surface area contributed by atoms with Crippen molar-refractivity contribution < 1.29 is 9.53 Å². The quantitative estimate of drug-likeness (QED) is 0.314. The van der Waals surface area contributed by atoms with Crippen molar-refractivity contribution >= 4 is 5.97 Å². The lowest BCUT2D eigenvalue weighted by atomic mass is 9.83. The lowest BCUT2D eigenvalue weighted by Crippen LogP contribution is -2.29. The second-order valence-electron chi connectivity index (χ2n) is 5.14. The van der Waals surface area contributed by atoms with Crippen LogP contribution in [0.2, 0.25) is 0 Å². The Bertz CT molecular complexity index is 292. The van der Waals surface area contributed by atoms with Gasteiger partial charge in [-0.2, -0.15) is 0 Å². The molecule has 2 heteroatoms. The SMILES string of the molecule is CCC=CCCOC(=O)C(C)(CC)CCC=CCC. The van der Waals surface area contributed by atoms with E-state index in [4.69, 9.17) is 4.74 Å².